The van der Waals surface area contributed by atoms with Crippen molar-refractivity contribution in [3.63, 3.8) is 0 Å². The van der Waals surface area contributed by atoms with Gasteiger partial charge in [0.05, 0.1) is 5.56 Å². The molecule has 0 heterocycles. The first-order valence-corrected chi connectivity index (χ1v) is 8.44. The molecule has 1 aliphatic rings. The quantitative estimate of drug-likeness (QED) is 0.782. The molecule has 0 aliphatic heterocycles. The van der Waals surface area contributed by atoms with Crippen LogP contribution in [0, 0.1) is 5.92 Å². The normalized spacial score (nSPS) is 23.1. The zero-order chi connectivity index (χ0) is 13.8. The van der Waals surface area contributed by atoms with Gasteiger partial charge in [0.2, 0.25) is 0 Å². The highest BCUT2D eigenvalue weighted by molar-refractivity contribution is 9.11. The predicted octanol–water partition coefficient (Wildman–Crippen LogP) is 4.91. The Morgan fingerprint density at radius 3 is 2.53 bits per heavy atom. The first-order valence-electron chi connectivity index (χ1n) is 6.86. The maximum Gasteiger partial charge on any atom is 0.252 e. The molecule has 0 aromatic heterocycles. The summed E-state index contributed by atoms with van der Waals surface area (Å²) in [5.74, 6) is 0.881. The number of halogens is 2. The van der Waals surface area contributed by atoms with Crippen LogP contribution in [0.3, 0.4) is 0 Å². The van der Waals surface area contributed by atoms with Crippen LogP contribution in [-0.2, 0) is 0 Å². The topological polar surface area (TPSA) is 29.1 Å². The fourth-order valence-corrected chi connectivity index (χ4v) is 3.88. The van der Waals surface area contributed by atoms with Crippen molar-refractivity contribution in [3.8, 4) is 0 Å². The molecule has 19 heavy (non-hydrogen) atoms. The summed E-state index contributed by atoms with van der Waals surface area (Å²) in [6.07, 6.45) is 5.96. The lowest BCUT2D eigenvalue weighted by molar-refractivity contribution is 0.0921. The van der Waals surface area contributed by atoms with Crippen LogP contribution in [0.5, 0.6) is 0 Å². The molecule has 0 radical (unpaired) electrons. The van der Waals surface area contributed by atoms with Gasteiger partial charge in [-0.2, -0.15) is 0 Å². The van der Waals surface area contributed by atoms with Crippen LogP contribution in [0.25, 0.3) is 0 Å². The zero-order valence-electron chi connectivity index (χ0n) is 11.1. The number of nitrogens with one attached hydrogen (secondary N) is 1. The third kappa shape index (κ3) is 4.06. The maximum atomic E-state index is 12.2. The van der Waals surface area contributed by atoms with E-state index in [1.165, 1.54) is 19.3 Å². The molecule has 1 aromatic rings. The second-order valence-electron chi connectivity index (χ2n) is 5.22. The highest BCUT2D eigenvalue weighted by Crippen LogP contribution is 2.27. The van der Waals surface area contributed by atoms with Crippen molar-refractivity contribution in [2.45, 2.75) is 45.1 Å². The minimum Gasteiger partial charge on any atom is -0.349 e. The van der Waals surface area contributed by atoms with Gasteiger partial charge < -0.3 is 5.32 Å². The van der Waals surface area contributed by atoms with E-state index in [-0.39, 0.29) is 5.91 Å². The monoisotopic (exact) mass is 387 g/mol. The molecule has 1 aliphatic carbocycles. The van der Waals surface area contributed by atoms with Crippen molar-refractivity contribution in [1.82, 2.24) is 5.32 Å². The summed E-state index contributed by atoms with van der Waals surface area (Å²) >= 11 is 6.84. The molecule has 0 atom stereocenters. The van der Waals surface area contributed by atoms with Crippen LogP contribution < -0.4 is 5.32 Å². The van der Waals surface area contributed by atoms with E-state index < -0.39 is 0 Å². The van der Waals surface area contributed by atoms with E-state index >= 15 is 0 Å². The van der Waals surface area contributed by atoms with E-state index in [0.717, 1.165) is 27.7 Å². The molecule has 1 saturated carbocycles. The summed E-state index contributed by atoms with van der Waals surface area (Å²) < 4.78 is 1.81. The van der Waals surface area contributed by atoms with Crippen LogP contribution in [0.4, 0.5) is 0 Å². The average molecular weight is 389 g/mol. The number of amides is 1. The van der Waals surface area contributed by atoms with Gasteiger partial charge in [0.25, 0.3) is 5.91 Å². The Hall–Kier alpha value is -0.350. The Bertz CT molecular complexity index is 453. The SMILES string of the molecule is CCC1CCC(NC(=O)c2ccc(Br)cc2Br)CC1. The molecule has 0 bridgehead atoms. The van der Waals surface area contributed by atoms with Gasteiger partial charge in [0, 0.05) is 15.0 Å². The van der Waals surface area contributed by atoms with Crippen molar-refractivity contribution >= 4 is 37.8 Å². The molecule has 4 heteroatoms. The average Bonchev–Trinajstić information content (AvgIpc) is 2.39. The molecule has 1 amide bonds. The van der Waals surface area contributed by atoms with E-state index in [9.17, 15) is 4.79 Å². The number of benzene rings is 1. The lowest BCUT2D eigenvalue weighted by atomic mass is 9.84. The lowest BCUT2D eigenvalue weighted by Crippen LogP contribution is -2.37. The van der Waals surface area contributed by atoms with Gasteiger partial charge in [-0.15, -0.1) is 0 Å². The highest BCUT2D eigenvalue weighted by atomic mass is 79.9. The number of rotatable bonds is 3. The number of hydrogen-bond donors (Lipinski definition) is 1. The molecule has 1 fully saturated rings. The molecule has 1 aromatic carbocycles. The van der Waals surface area contributed by atoms with Crippen LogP contribution in [-0.4, -0.2) is 11.9 Å². The summed E-state index contributed by atoms with van der Waals surface area (Å²) in [7, 11) is 0. The van der Waals surface area contributed by atoms with Gasteiger partial charge in [-0.3, -0.25) is 4.79 Å². The van der Waals surface area contributed by atoms with Gasteiger partial charge in [0.1, 0.15) is 0 Å². The number of hydrogen-bond acceptors (Lipinski definition) is 1. The van der Waals surface area contributed by atoms with Crippen LogP contribution in [0.2, 0.25) is 0 Å². The minimum atomic E-state index is 0.0272. The Morgan fingerprint density at radius 1 is 1.26 bits per heavy atom. The molecule has 1 N–H and O–H groups in total. The zero-order valence-corrected chi connectivity index (χ0v) is 14.3. The first kappa shape index (κ1) is 15.0. The van der Waals surface area contributed by atoms with Crippen molar-refractivity contribution < 1.29 is 4.79 Å². The van der Waals surface area contributed by atoms with Crippen molar-refractivity contribution in [2.24, 2.45) is 5.92 Å². The van der Waals surface area contributed by atoms with Gasteiger partial charge in [-0.05, 0) is 65.7 Å². The number of carbonyl (C=O) groups excluding carboxylic acids is 1. The Morgan fingerprint density at radius 2 is 1.95 bits per heavy atom. The molecule has 0 spiro atoms. The van der Waals surface area contributed by atoms with Crippen molar-refractivity contribution in [3.05, 3.63) is 32.7 Å². The van der Waals surface area contributed by atoms with E-state index in [1.807, 2.05) is 18.2 Å². The summed E-state index contributed by atoms with van der Waals surface area (Å²) in [4.78, 5) is 12.2. The molecular formula is C15H19Br2NO. The van der Waals surface area contributed by atoms with Gasteiger partial charge in [-0.25, -0.2) is 0 Å². The van der Waals surface area contributed by atoms with E-state index in [0.29, 0.717) is 11.6 Å². The summed E-state index contributed by atoms with van der Waals surface area (Å²) in [5, 5.41) is 3.16. The van der Waals surface area contributed by atoms with Crippen LogP contribution in [0.1, 0.15) is 49.4 Å². The van der Waals surface area contributed by atoms with E-state index in [1.54, 1.807) is 0 Å². The molecule has 104 valence electrons. The Labute approximate surface area is 131 Å². The van der Waals surface area contributed by atoms with Gasteiger partial charge in [-0.1, -0.05) is 29.3 Å². The Balaban J connectivity index is 1.94. The molecule has 2 nitrogen and oxygen atoms in total. The van der Waals surface area contributed by atoms with Crippen LogP contribution >= 0.6 is 31.9 Å². The van der Waals surface area contributed by atoms with Crippen molar-refractivity contribution in [2.75, 3.05) is 0 Å². The van der Waals surface area contributed by atoms with Gasteiger partial charge >= 0.3 is 0 Å². The fourth-order valence-electron chi connectivity index (χ4n) is 2.65. The summed E-state index contributed by atoms with van der Waals surface area (Å²) in [5.41, 5.74) is 0.709. The molecule has 0 unspecified atom stereocenters. The molecule has 0 saturated heterocycles. The fraction of sp³-hybridized carbons (Fsp3) is 0.533. The number of carbonyl (C=O) groups is 1. The summed E-state index contributed by atoms with van der Waals surface area (Å²) in [6.45, 7) is 2.25. The second-order valence-corrected chi connectivity index (χ2v) is 6.99. The van der Waals surface area contributed by atoms with E-state index in [4.69, 9.17) is 0 Å². The maximum absolute atomic E-state index is 12.2. The third-order valence-corrected chi connectivity index (χ3v) is 5.08. The smallest absolute Gasteiger partial charge is 0.252 e. The summed E-state index contributed by atoms with van der Waals surface area (Å²) in [6, 6.07) is 5.99. The van der Waals surface area contributed by atoms with Crippen LogP contribution in [0.15, 0.2) is 27.1 Å². The van der Waals surface area contributed by atoms with E-state index in [2.05, 4.69) is 44.1 Å². The standard InChI is InChI=1S/C15H19Br2NO/c1-2-10-3-6-12(7-4-10)18-15(19)13-8-5-11(16)9-14(13)17/h5,8-10,12H,2-4,6-7H2,1H3,(H,18,19). The predicted molar refractivity (Wildman–Crippen MR) is 85.3 cm³/mol. The molecule has 2 rings (SSSR count). The molecular weight excluding hydrogens is 370 g/mol. The third-order valence-electron chi connectivity index (χ3n) is 3.94. The lowest BCUT2D eigenvalue weighted by Gasteiger charge is -2.28. The minimum absolute atomic E-state index is 0.0272. The second kappa shape index (κ2) is 6.89. The van der Waals surface area contributed by atoms with Gasteiger partial charge in [0.15, 0.2) is 0 Å². The highest BCUT2D eigenvalue weighted by Gasteiger charge is 2.22. The Kier molecular flexibility index (Phi) is 5.46. The van der Waals surface area contributed by atoms with Crippen molar-refractivity contribution in [1.29, 1.82) is 0 Å². The largest absolute Gasteiger partial charge is 0.349 e. The first-order chi connectivity index (χ1) is 9.10.